The SMILES string of the molecule is C=C[C@H]1CN2CC[C@H]1C[C@H]2[C@H](O)c1ccnc2ccc(OC)cc12.CCC(=O)O. The Morgan fingerprint density at radius 1 is 1.45 bits per heavy atom. The summed E-state index contributed by atoms with van der Waals surface area (Å²) >= 11 is 0. The zero-order valence-corrected chi connectivity index (χ0v) is 17.1. The number of methoxy groups -OCH3 is 1. The molecule has 5 rings (SSSR count). The quantitative estimate of drug-likeness (QED) is 0.748. The third-order valence-corrected chi connectivity index (χ3v) is 6.12. The molecule has 4 heterocycles. The fourth-order valence-corrected chi connectivity index (χ4v) is 4.44. The van der Waals surface area contributed by atoms with Crippen LogP contribution in [0, 0.1) is 11.8 Å². The number of carbonyl (C=O) groups is 1. The van der Waals surface area contributed by atoms with E-state index in [0.717, 1.165) is 41.7 Å². The molecule has 156 valence electrons. The van der Waals surface area contributed by atoms with Crippen LogP contribution in [0.25, 0.3) is 10.9 Å². The van der Waals surface area contributed by atoms with Crippen LogP contribution >= 0.6 is 0 Å². The lowest BCUT2D eigenvalue weighted by molar-refractivity contribution is -0.136. The molecule has 0 spiro atoms. The summed E-state index contributed by atoms with van der Waals surface area (Å²) in [5, 5.41) is 19.9. The molecule has 2 N–H and O–H groups in total. The largest absolute Gasteiger partial charge is 0.497 e. The number of aliphatic carboxylic acids is 1. The number of carboxylic acids is 1. The highest BCUT2D eigenvalue weighted by Crippen LogP contribution is 2.42. The maximum absolute atomic E-state index is 11.2. The third-order valence-electron chi connectivity index (χ3n) is 6.12. The first-order valence-electron chi connectivity index (χ1n) is 10.2. The second-order valence-electron chi connectivity index (χ2n) is 7.72. The zero-order valence-electron chi connectivity index (χ0n) is 17.1. The molecule has 1 aromatic carbocycles. The minimum absolute atomic E-state index is 0.178. The summed E-state index contributed by atoms with van der Waals surface area (Å²) in [5.74, 6) is 1.26. The molecule has 6 heteroatoms. The van der Waals surface area contributed by atoms with Crippen molar-refractivity contribution in [1.82, 2.24) is 9.88 Å². The Kier molecular flexibility index (Phi) is 6.87. The molecule has 0 radical (unpaired) electrons. The van der Waals surface area contributed by atoms with Gasteiger partial charge in [-0.25, -0.2) is 0 Å². The molecular weight excluding hydrogens is 368 g/mol. The van der Waals surface area contributed by atoms with E-state index < -0.39 is 12.1 Å². The Morgan fingerprint density at radius 2 is 2.21 bits per heavy atom. The predicted octanol–water partition coefficient (Wildman–Crippen LogP) is 3.65. The number of aromatic nitrogens is 1. The van der Waals surface area contributed by atoms with Crippen molar-refractivity contribution < 1.29 is 19.7 Å². The second kappa shape index (κ2) is 9.37. The van der Waals surface area contributed by atoms with E-state index in [1.807, 2.05) is 24.3 Å². The van der Waals surface area contributed by atoms with Crippen LogP contribution in [0.2, 0.25) is 0 Å². The van der Waals surface area contributed by atoms with Crippen LogP contribution < -0.4 is 4.74 Å². The Labute approximate surface area is 171 Å². The molecule has 3 fully saturated rings. The van der Waals surface area contributed by atoms with Crippen molar-refractivity contribution in [3.05, 3.63) is 48.7 Å². The summed E-state index contributed by atoms with van der Waals surface area (Å²) in [6.07, 6.45) is 5.84. The lowest BCUT2D eigenvalue weighted by atomic mass is 9.73. The molecule has 29 heavy (non-hydrogen) atoms. The van der Waals surface area contributed by atoms with Crippen molar-refractivity contribution in [2.45, 2.75) is 38.3 Å². The van der Waals surface area contributed by atoms with Crippen molar-refractivity contribution >= 4 is 16.9 Å². The first-order valence-corrected chi connectivity index (χ1v) is 10.2. The number of aliphatic hydroxyl groups is 1. The van der Waals surface area contributed by atoms with Crippen LogP contribution in [0.1, 0.15) is 37.9 Å². The lowest BCUT2D eigenvalue weighted by Crippen LogP contribution is -2.54. The summed E-state index contributed by atoms with van der Waals surface area (Å²) in [6.45, 7) is 7.67. The van der Waals surface area contributed by atoms with Gasteiger partial charge in [0.25, 0.3) is 0 Å². The standard InChI is InChI=1S/C20H24N2O2.C3H6O2/c1-3-13-12-22-9-7-14(13)10-19(22)20(23)16-6-8-21-18-5-4-15(24-2)11-17(16)18;1-2-3(4)5/h3-6,8,11,13-14,19-20,23H,1,7,9-10,12H2,2H3;2H2,1H3,(H,4,5)/t13-,14-,19-,20+;/m0./s1. The average molecular weight is 399 g/mol. The fraction of sp³-hybridized carbons (Fsp3) is 0.478. The van der Waals surface area contributed by atoms with E-state index >= 15 is 0 Å². The van der Waals surface area contributed by atoms with Crippen LogP contribution in [0.3, 0.4) is 0 Å². The molecule has 1 unspecified atom stereocenters. The van der Waals surface area contributed by atoms with Gasteiger partial charge < -0.3 is 14.9 Å². The molecule has 3 saturated heterocycles. The average Bonchev–Trinajstić information content (AvgIpc) is 2.78. The molecular formula is C23H30N2O4. The zero-order chi connectivity index (χ0) is 21.0. The molecule has 0 aliphatic carbocycles. The summed E-state index contributed by atoms with van der Waals surface area (Å²) in [6, 6.07) is 7.96. The predicted molar refractivity (Wildman–Crippen MR) is 113 cm³/mol. The van der Waals surface area contributed by atoms with Gasteiger partial charge in [-0.2, -0.15) is 0 Å². The van der Waals surface area contributed by atoms with E-state index in [1.54, 1.807) is 20.2 Å². The van der Waals surface area contributed by atoms with Gasteiger partial charge in [-0.3, -0.25) is 14.7 Å². The van der Waals surface area contributed by atoms with E-state index in [4.69, 9.17) is 9.84 Å². The number of rotatable bonds is 5. The van der Waals surface area contributed by atoms with Crippen molar-refractivity contribution in [1.29, 1.82) is 0 Å². The highest BCUT2D eigenvalue weighted by atomic mass is 16.5. The van der Waals surface area contributed by atoms with Gasteiger partial charge in [0, 0.05) is 30.6 Å². The molecule has 6 nitrogen and oxygen atoms in total. The van der Waals surface area contributed by atoms with Crippen LogP contribution in [-0.2, 0) is 4.79 Å². The number of carboxylic acid groups (broad SMARTS) is 1. The van der Waals surface area contributed by atoms with Crippen LogP contribution in [0.4, 0.5) is 0 Å². The van der Waals surface area contributed by atoms with E-state index in [2.05, 4.69) is 22.5 Å². The molecule has 0 amide bonds. The van der Waals surface area contributed by atoms with Gasteiger partial charge in [0.05, 0.1) is 18.7 Å². The molecule has 3 aliphatic heterocycles. The number of benzene rings is 1. The number of hydrogen-bond donors (Lipinski definition) is 2. The topological polar surface area (TPSA) is 82.9 Å². The number of fused-ring (bicyclic) bond motifs is 4. The fourth-order valence-electron chi connectivity index (χ4n) is 4.44. The van der Waals surface area contributed by atoms with Crippen molar-refractivity contribution in [3.8, 4) is 5.75 Å². The van der Waals surface area contributed by atoms with Gasteiger partial charge in [-0.1, -0.05) is 13.0 Å². The lowest BCUT2D eigenvalue weighted by Gasteiger charge is -2.50. The minimum Gasteiger partial charge on any atom is -0.497 e. The highest BCUT2D eigenvalue weighted by molar-refractivity contribution is 5.84. The number of ether oxygens (including phenoxy) is 1. The van der Waals surface area contributed by atoms with Crippen molar-refractivity contribution in [2.75, 3.05) is 20.2 Å². The van der Waals surface area contributed by atoms with Crippen LogP contribution in [0.15, 0.2) is 43.1 Å². The van der Waals surface area contributed by atoms with Crippen molar-refractivity contribution in [2.24, 2.45) is 11.8 Å². The molecule has 0 saturated carbocycles. The number of aliphatic hydroxyl groups excluding tert-OH is 1. The number of nitrogens with zero attached hydrogens (tertiary/aromatic N) is 2. The Hall–Kier alpha value is -2.44. The van der Waals surface area contributed by atoms with Gasteiger partial charge in [0.15, 0.2) is 0 Å². The van der Waals surface area contributed by atoms with Crippen LogP contribution in [0.5, 0.6) is 5.75 Å². The molecule has 5 atom stereocenters. The van der Waals surface area contributed by atoms with Gasteiger partial charge in [0.2, 0.25) is 0 Å². The molecule has 1 aromatic heterocycles. The maximum Gasteiger partial charge on any atom is 0.303 e. The normalized spacial score (nSPS) is 26.3. The summed E-state index contributed by atoms with van der Waals surface area (Å²) in [4.78, 5) is 16.2. The van der Waals surface area contributed by atoms with E-state index in [0.29, 0.717) is 11.8 Å². The number of pyridine rings is 1. The maximum atomic E-state index is 11.2. The Bertz CT molecular complexity index is 869. The van der Waals surface area contributed by atoms with E-state index in [1.165, 1.54) is 6.42 Å². The monoisotopic (exact) mass is 398 g/mol. The smallest absolute Gasteiger partial charge is 0.303 e. The van der Waals surface area contributed by atoms with Crippen LogP contribution in [-0.4, -0.2) is 52.3 Å². The van der Waals surface area contributed by atoms with Gasteiger partial charge in [-0.05, 0) is 61.1 Å². The highest BCUT2D eigenvalue weighted by Gasteiger charge is 2.42. The first kappa shape index (κ1) is 21.3. The van der Waals surface area contributed by atoms with Crippen molar-refractivity contribution in [3.63, 3.8) is 0 Å². The van der Waals surface area contributed by atoms with Gasteiger partial charge in [-0.15, -0.1) is 6.58 Å². The Balaban J connectivity index is 0.000000431. The first-order chi connectivity index (χ1) is 14.0. The summed E-state index contributed by atoms with van der Waals surface area (Å²) in [7, 11) is 1.66. The van der Waals surface area contributed by atoms with E-state index in [-0.39, 0.29) is 12.5 Å². The number of hydrogen-bond acceptors (Lipinski definition) is 5. The molecule has 3 aliphatic rings. The molecule has 2 bridgehead atoms. The third kappa shape index (κ3) is 4.60. The minimum atomic E-state index is -0.745. The number of piperidine rings is 3. The Morgan fingerprint density at radius 3 is 2.79 bits per heavy atom. The second-order valence-corrected chi connectivity index (χ2v) is 7.72. The summed E-state index contributed by atoms with van der Waals surface area (Å²) in [5.41, 5.74) is 1.85. The van der Waals surface area contributed by atoms with E-state index in [9.17, 15) is 9.90 Å². The van der Waals surface area contributed by atoms with Gasteiger partial charge >= 0.3 is 5.97 Å². The van der Waals surface area contributed by atoms with Gasteiger partial charge in [0.1, 0.15) is 5.75 Å². The molecule has 2 aromatic rings. The summed E-state index contributed by atoms with van der Waals surface area (Å²) < 4.78 is 5.35.